The van der Waals surface area contributed by atoms with Crippen LogP contribution >= 0.6 is 0 Å². The predicted octanol–water partition coefficient (Wildman–Crippen LogP) is 1.96. The Kier molecular flexibility index (Phi) is 2.45. The lowest BCUT2D eigenvalue weighted by Gasteiger charge is -2.25. The second kappa shape index (κ2) is 4.30. The Balaban J connectivity index is 1.69. The summed E-state index contributed by atoms with van der Waals surface area (Å²) in [6.45, 7) is 0. The van der Waals surface area contributed by atoms with E-state index in [2.05, 4.69) is 56.4 Å². The molecule has 4 rings (SSSR count). The van der Waals surface area contributed by atoms with E-state index >= 15 is 0 Å². The summed E-state index contributed by atoms with van der Waals surface area (Å²) < 4.78 is 0. The summed E-state index contributed by atoms with van der Waals surface area (Å²) in [5, 5.41) is 7.93. The molecule has 20 heavy (non-hydrogen) atoms. The van der Waals surface area contributed by atoms with Crippen LogP contribution in [0.1, 0.15) is 11.1 Å². The Morgan fingerprint density at radius 2 is 1.90 bits per heavy atom. The molecule has 1 aliphatic rings. The highest BCUT2D eigenvalue weighted by Gasteiger charge is 2.26. The average Bonchev–Trinajstić information content (AvgIpc) is 3.12. The van der Waals surface area contributed by atoms with Crippen LogP contribution in [0.5, 0.6) is 0 Å². The zero-order valence-electron chi connectivity index (χ0n) is 11.2. The van der Waals surface area contributed by atoms with E-state index in [0.29, 0.717) is 6.04 Å². The molecule has 100 valence electrons. The van der Waals surface area contributed by atoms with Crippen LogP contribution in [0.15, 0.2) is 36.8 Å². The molecule has 5 heteroatoms. The molecule has 0 aliphatic heterocycles. The topological polar surface area (TPSA) is 57.7 Å². The molecule has 0 saturated heterocycles. The molecule has 1 aromatic carbocycles. The monoisotopic (exact) mass is 265 g/mol. The fourth-order valence-electron chi connectivity index (χ4n) is 3.02. The third-order valence-electron chi connectivity index (χ3n) is 4.14. The fraction of sp³-hybridized carbons (Fsp3) is 0.267. The van der Waals surface area contributed by atoms with Crippen molar-refractivity contribution in [3.05, 3.63) is 47.9 Å². The van der Waals surface area contributed by atoms with Gasteiger partial charge in [-0.15, -0.1) is 0 Å². The van der Waals surface area contributed by atoms with Gasteiger partial charge >= 0.3 is 0 Å². The molecule has 2 aromatic heterocycles. The first-order chi connectivity index (χ1) is 9.83. The smallest absolute Gasteiger partial charge is 0.160 e. The summed E-state index contributed by atoms with van der Waals surface area (Å²) in [5.41, 5.74) is 3.68. The maximum absolute atomic E-state index is 4.44. The van der Waals surface area contributed by atoms with Crippen molar-refractivity contribution >= 4 is 16.9 Å². The number of fused-ring (bicyclic) bond motifs is 2. The first kappa shape index (κ1) is 11.4. The van der Waals surface area contributed by atoms with Crippen LogP contribution in [-0.4, -0.2) is 33.3 Å². The molecule has 1 aliphatic carbocycles. The number of H-pyrrole nitrogens is 1. The van der Waals surface area contributed by atoms with E-state index in [0.717, 1.165) is 29.7 Å². The van der Waals surface area contributed by atoms with Gasteiger partial charge in [0.05, 0.1) is 11.6 Å². The van der Waals surface area contributed by atoms with Gasteiger partial charge in [-0.3, -0.25) is 5.10 Å². The molecule has 1 N–H and O–H groups in total. The highest BCUT2D eigenvalue weighted by atomic mass is 15.2. The van der Waals surface area contributed by atoms with Crippen LogP contribution in [0.2, 0.25) is 0 Å². The van der Waals surface area contributed by atoms with Crippen LogP contribution in [0, 0.1) is 0 Å². The van der Waals surface area contributed by atoms with Gasteiger partial charge in [0.25, 0.3) is 0 Å². The minimum atomic E-state index is 0.445. The normalized spacial score (nSPS) is 14.7. The van der Waals surface area contributed by atoms with Crippen LogP contribution in [0.25, 0.3) is 11.0 Å². The Hall–Kier alpha value is -2.43. The Morgan fingerprint density at radius 1 is 1.15 bits per heavy atom. The van der Waals surface area contributed by atoms with Crippen molar-refractivity contribution < 1.29 is 0 Å². The summed E-state index contributed by atoms with van der Waals surface area (Å²) in [4.78, 5) is 10.9. The number of aromatic nitrogens is 4. The van der Waals surface area contributed by atoms with Crippen molar-refractivity contribution in [1.29, 1.82) is 0 Å². The fourth-order valence-corrected chi connectivity index (χ4v) is 3.02. The molecule has 3 aromatic rings. The van der Waals surface area contributed by atoms with E-state index in [1.165, 1.54) is 11.1 Å². The standard InChI is InChI=1S/C15H15N5/c1-20(12-6-10-4-2-3-5-11(10)7-12)15-13-8-18-19-14(13)16-9-17-15/h2-5,8-9,12H,6-7H2,1H3,(H,16,17,18,19). The summed E-state index contributed by atoms with van der Waals surface area (Å²) >= 11 is 0. The van der Waals surface area contributed by atoms with E-state index in [4.69, 9.17) is 0 Å². The van der Waals surface area contributed by atoms with Gasteiger partial charge < -0.3 is 4.90 Å². The van der Waals surface area contributed by atoms with Crippen LogP contribution in [0.3, 0.4) is 0 Å². The van der Waals surface area contributed by atoms with Gasteiger partial charge in [0.2, 0.25) is 0 Å². The van der Waals surface area contributed by atoms with E-state index in [1.807, 2.05) is 0 Å². The average molecular weight is 265 g/mol. The number of benzene rings is 1. The zero-order valence-corrected chi connectivity index (χ0v) is 11.2. The van der Waals surface area contributed by atoms with Crippen molar-refractivity contribution in [1.82, 2.24) is 20.2 Å². The van der Waals surface area contributed by atoms with Gasteiger partial charge in [-0.25, -0.2) is 9.97 Å². The Bertz CT molecular complexity index is 739. The maximum Gasteiger partial charge on any atom is 0.160 e. The number of rotatable bonds is 2. The van der Waals surface area contributed by atoms with Crippen LogP contribution < -0.4 is 4.90 Å². The second-order valence-corrected chi connectivity index (χ2v) is 5.27. The van der Waals surface area contributed by atoms with Gasteiger partial charge in [-0.1, -0.05) is 24.3 Å². The second-order valence-electron chi connectivity index (χ2n) is 5.27. The third kappa shape index (κ3) is 1.66. The number of anilines is 1. The molecule has 0 radical (unpaired) electrons. The summed E-state index contributed by atoms with van der Waals surface area (Å²) in [5.74, 6) is 0.946. The van der Waals surface area contributed by atoms with Gasteiger partial charge in [-0.05, 0) is 24.0 Å². The number of nitrogens with zero attached hydrogens (tertiary/aromatic N) is 4. The molecule has 0 unspecified atom stereocenters. The molecule has 0 saturated carbocycles. The van der Waals surface area contributed by atoms with Crippen LogP contribution in [0.4, 0.5) is 5.82 Å². The van der Waals surface area contributed by atoms with Gasteiger partial charge in [0, 0.05) is 13.1 Å². The van der Waals surface area contributed by atoms with Crippen molar-refractivity contribution in [2.24, 2.45) is 0 Å². The lowest BCUT2D eigenvalue weighted by atomic mass is 10.1. The maximum atomic E-state index is 4.44. The number of aromatic amines is 1. The number of nitrogens with one attached hydrogen (secondary N) is 1. The van der Waals surface area contributed by atoms with E-state index in [9.17, 15) is 0 Å². The van der Waals surface area contributed by atoms with Crippen LogP contribution in [-0.2, 0) is 12.8 Å². The largest absolute Gasteiger partial charge is 0.355 e. The first-order valence-corrected chi connectivity index (χ1v) is 6.76. The van der Waals surface area contributed by atoms with Gasteiger partial charge in [0.15, 0.2) is 5.65 Å². The molecular formula is C15H15N5. The molecule has 0 fully saturated rings. The molecular weight excluding hydrogens is 250 g/mol. The predicted molar refractivity (Wildman–Crippen MR) is 77.7 cm³/mol. The van der Waals surface area contributed by atoms with E-state index in [1.54, 1.807) is 12.5 Å². The quantitative estimate of drug-likeness (QED) is 0.769. The van der Waals surface area contributed by atoms with Gasteiger partial charge in [0.1, 0.15) is 12.1 Å². The van der Waals surface area contributed by atoms with Gasteiger partial charge in [-0.2, -0.15) is 5.10 Å². The minimum Gasteiger partial charge on any atom is -0.355 e. The van der Waals surface area contributed by atoms with E-state index in [-0.39, 0.29) is 0 Å². The van der Waals surface area contributed by atoms with Crippen molar-refractivity contribution in [2.45, 2.75) is 18.9 Å². The molecule has 0 spiro atoms. The number of hydrogen-bond acceptors (Lipinski definition) is 4. The Morgan fingerprint density at radius 3 is 2.65 bits per heavy atom. The van der Waals surface area contributed by atoms with Crippen molar-refractivity contribution in [3.63, 3.8) is 0 Å². The lowest BCUT2D eigenvalue weighted by Crippen LogP contribution is -2.32. The highest BCUT2D eigenvalue weighted by molar-refractivity contribution is 5.86. The molecule has 0 bridgehead atoms. The third-order valence-corrected chi connectivity index (χ3v) is 4.14. The molecule has 5 nitrogen and oxygen atoms in total. The van der Waals surface area contributed by atoms with Crippen molar-refractivity contribution in [2.75, 3.05) is 11.9 Å². The van der Waals surface area contributed by atoms with Crippen molar-refractivity contribution in [3.8, 4) is 0 Å². The number of hydrogen-bond donors (Lipinski definition) is 1. The van der Waals surface area contributed by atoms with E-state index < -0.39 is 0 Å². The highest BCUT2D eigenvalue weighted by Crippen LogP contribution is 2.29. The SMILES string of the molecule is CN(c1ncnc2[nH]ncc12)C1Cc2ccccc2C1. The lowest BCUT2D eigenvalue weighted by molar-refractivity contribution is 0.661. The summed E-state index contributed by atoms with van der Waals surface area (Å²) in [6, 6.07) is 9.11. The minimum absolute atomic E-state index is 0.445. The summed E-state index contributed by atoms with van der Waals surface area (Å²) in [6.07, 6.45) is 5.52. The Labute approximate surface area is 116 Å². The number of likely N-dealkylation sites (N-methyl/N-ethyl adjacent to an activating group) is 1. The molecule has 0 atom stereocenters. The molecule has 2 heterocycles. The molecule has 0 amide bonds. The first-order valence-electron chi connectivity index (χ1n) is 6.76. The summed E-state index contributed by atoms with van der Waals surface area (Å²) in [7, 11) is 2.10. The zero-order chi connectivity index (χ0) is 13.5.